The van der Waals surface area contributed by atoms with Gasteiger partial charge in [-0.1, -0.05) is 18.2 Å². The van der Waals surface area contributed by atoms with Crippen LogP contribution in [0.1, 0.15) is 6.42 Å². The number of para-hydroxylation sites is 1. The molecule has 1 aromatic heterocycles. The summed E-state index contributed by atoms with van der Waals surface area (Å²) >= 11 is 0. The number of anilines is 1. The molecule has 5 nitrogen and oxygen atoms in total. The van der Waals surface area contributed by atoms with Crippen LogP contribution in [0.3, 0.4) is 0 Å². The number of aromatic nitrogens is 1. The lowest BCUT2D eigenvalue weighted by Crippen LogP contribution is -2.43. The van der Waals surface area contributed by atoms with Crippen molar-refractivity contribution in [2.75, 3.05) is 25.1 Å². The molecule has 1 aromatic carbocycles. The molecule has 2 heterocycles. The Morgan fingerprint density at radius 1 is 1.27 bits per heavy atom. The number of hydrogen-bond acceptors (Lipinski definition) is 4. The van der Waals surface area contributed by atoms with E-state index >= 15 is 0 Å². The predicted octanol–water partition coefficient (Wildman–Crippen LogP) is 2.40. The van der Waals surface area contributed by atoms with Gasteiger partial charge in [0.25, 0.3) is 0 Å². The van der Waals surface area contributed by atoms with Gasteiger partial charge >= 0.3 is 0 Å². The number of morpholine rings is 1. The summed E-state index contributed by atoms with van der Waals surface area (Å²) in [5.41, 5.74) is 0.879. The molecule has 0 spiro atoms. The molecule has 3 rings (SSSR count). The Labute approximate surface area is 141 Å². The highest BCUT2D eigenvalue weighted by Gasteiger charge is 2.17. The number of carbonyl (C=O) groups excluding carboxylic acids is 1. The molecule has 1 atom stereocenters. The average molecular weight is 344 g/mol. The number of hydrogen-bond donors (Lipinski definition) is 2. The highest BCUT2D eigenvalue weighted by molar-refractivity contribution is 5.91. The minimum Gasteiger partial charge on any atom is -0.378 e. The molecule has 0 radical (unpaired) electrons. The maximum absolute atomic E-state index is 12.0. The minimum atomic E-state index is -0.0456. The molecule has 2 N–H and O–H groups in total. The Bertz CT molecular complexity index is 619. The monoisotopic (exact) mass is 343 g/mol. The van der Waals surface area contributed by atoms with Crippen molar-refractivity contribution in [1.29, 1.82) is 0 Å². The summed E-state index contributed by atoms with van der Waals surface area (Å²) in [6.45, 7) is 2.09. The fraction of sp³-hybridized carbons (Fsp3) is 0.333. The topological polar surface area (TPSA) is 63.2 Å². The lowest BCUT2D eigenvalue weighted by atomic mass is 10.2. The number of nitrogens with one attached hydrogen (secondary N) is 2. The summed E-state index contributed by atoms with van der Waals surface area (Å²) in [7, 11) is 0. The molecule has 2 aromatic rings. The fourth-order valence-corrected chi connectivity index (χ4v) is 2.30. The number of halogens is 2. The number of pyridine rings is 1. The Morgan fingerprint density at radius 2 is 2.09 bits per heavy atom. The van der Waals surface area contributed by atoms with Gasteiger partial charge in [0, 0.05) is 24.4 Å². The highest BCUT2D eigenvalue weighted by atomic mass is 35.5. The van der Waals surface area contributed by atoms with Gasteiger partial charge in [0.15, 0.2) is 0 Å². The maximum Gasteiger partial charge on any atom is 0.227 e. The summed E-state index contributed by atoms with van der Waals surface area (Å²) in [4.78, 5) is 16.4. The molecule has 0 bridgehead atoms. The Kier molecular flexibility index (Phi) is 7.55. The van der Waals surface area contributed by atoms with Crippen LogP contribution in [0.2, 0.25) is 0 Å². The number of rotatable bonds is 3. The van der Waals surface area contributed by atoms with Crippen molar-refractivity contribution >= 4 is 47.4 Å². The zero-order valence-corrected chi connectivity index (χ0v) is 13.6. The molecule has 1 aliphatic heterocycles. The van der Waals surface area contributed by atoms with E-state index in [0.29, 0.717) is 25.5 Å². The zero-order chi connectivity index (χ0) is 13.8. The first kappa shape index (κ1) is 18.6. The summed E-state index contributed by atoms with van der Waals surface area (Å²) in [5, 5.41) is 7.16. The van der Waals surface area contributed by atoms with Gasteiger partial charge in [0.05, 0.1) is 18.7 Å². The van der Waals surface area contributed by atoms with Crippen molar-refractivity contribution in [2.24, 2.45) is 0 Å². The van der Waals surface area contributed by atoms with Crippen LogP contribution in [0.15, 0.2) is 36.4 Å². The smallest absolute Gasteiger partial charge is 0.227 e. The second-order valence-electron chi connectivity index (χ2n) is 4.87. The van der Waals surface area contributed by atoms with E-state index in [2.05, 4.69) is 15.6 Å². The number of amides is 1. The van der Waals surface area contributed by atoms with Gasteiger partial charge < -0.3 is 15.4 Å². The summed E-state index contributed by atoms with van der Waals surface area (Å²) in [6, 6.07) is 11.7. The van der Waals surface area contributed by atoms with Crippen LogP contribution in [0, 0.1) is 0 Å². The number of nitrogens with zero attached hydrogens (tertiary/aromatic N) is 1. The summed E-state index contributed by atoms with van der Waals surface area (Å²) < 4.78 is 5.33. The number of fused-ring (bicyclic) bond motifs is 1. The summed E-state index contributed by atoms with van der Waals surface area (Å²) in [5.74, 6) is 0.543. The van der Waals surface area contributed by atoms with E-state index in [1.807, 2.05) is 36.4 Å². The summed E-state index contributed by atoms with van der Waals surface area (Å²) in [6.07, 6.45) is 0.397. The second-order valence-corrected chi connectivity index (χ2v) is 4.87. The van der Waals surface area contributed by atoms with E-state index in [0.717, 1.165) is 17.4 Å². The van der Waals surface area contributed by atoms with Crippen molar-refractivity contribution in [3.05, 3.63) is 36.4 Å². The van der Waals surface area contributed by atoms with Gasteiger partial charge in [-0.05, 0) is 18.2 Å². The second kappa shape index (κ2) is 8.90. The first-order valence-electron chi connectivity index (χ1n) is 6.78. The average Bonchev–Trinajstić information content (AvgIpc) is 2.48. The van der Waals surface area contributed by atoms with Crippen molar-refractivity contribution in [1.82, 2.24) is 10.3 Å². The molecule has 1 aliphatic rings. The molecule has 1 amide bonds. The van der Waals surface area contributed by atoms with Crippen molar-refractivity contribution in [3.63, 3.8) is 0 Å². The van der Waals surface area contributed by atoms with Crippen molar-refractivity contribution in [2.45, 2.75) is 12.5 Å². The van der Waals surface area contributed by atoms with Gasteiger partial charge in [-0.3, -0.25) is 4.79 Å². The first-order chi connectivity index (χ1) is 9.81. The lowest BCUT2D eigenvalue weighted by Gasteiger charge is -2.23. The van der Waals surface area contributed by atoms with Gasteiger partial charge in [-0.15, -0.1) is 24.8 Å². The van der Waals surface area contributed by atoms with E-state index in [9.17, 15) is 4.79 Å². The largest absolute Gasteiger partial charge is 0.378 e. The van der Waals surface area contributed by atoms with Crippen LogP contribution in [-0.2, 0) is 9.53 Å². The maximum atomic E-state index is 12.0. The fourth-order valence-electron chi connectivity index (χ4n) is 2.30. The first-order valence-corrected chi connectivity index (χ1v) is 6.78. The van der Waals surface area contributed by atoms with Crippen LogP contribution in [0.25, 0.3) is 10.9 Å². The van der Waals surface area contributed by atoms with Crippen molar-refractivity contribution < 1.29 is 9.53 Å². The lowest BCUT2D eigenvalue weighted by molar-refractivity contribution is -0.117. The van der Waals surface area contributed by atoms with Crippen LogP contribution in [-0.4, -0.2) is 36.7 Å². The minimum absolute atomic E-state index is 0. The van der Waals surface area contributed by atoms with E-state index in [4.69, 9.17) is 4.74 Å². The van der Waals surface area contributed by atoms with E-state index in [1.54, 1.807) is 0 Å². The van der Waals surface area contributed by atoms with Crippen LogP contribution < -0.4 is 10.6 Å². The normalized spacial score (nSPS) is 17.2. The van der Waals surface area contributed by atoms with Gasteiger partial charge in [-0.2, -0.15) is 0 Å². The zero-order valence-electron chi connectivity index (χ0n) is 12.0. The highest BCUT2D eigenvalue weighted by Crippen LogP contribution is 2.14. The number of benzene rings is 1. The van der Waals surface area contributed by atoms with Gasteiger partial charge in [-0.25, -0.2) is 4.98 Å². The Morgan fingerprint density at radius 3 is 2.86 bits per heavy atom. The molecule has 1 saturated heterocycles. The van der Waals surface area contributed by atoms with Gasteiger partial charge in [0.2, 0.25) is 5.91 Å². The third-order valence-corrected chi connectivity index (χ3v) is 3.30. The van der Waals surface area contributed by atoms with E-state index in [1.165, 1.54) is 0 Å². The molecule has 120 valence electrons. The van der Waals surface area contributed by atoms with Crippen LogP contribution >= 0.6 is 24.8 Å². The molecule has 1 unspecified atom stereocenters. The Balaban J connectivity index is 0.00000121. The molecule has 0 saturated carbocycles. The molecular formula is C15H19Cl2N3O2. The Hall–Kier alpha value is -1.40. The van der Waals surface area contributed by atoms with Gasteiger partial charge in [0.1, 0.15) is 5.82 Å². The van der Waals surface area contributed by atoms with Crippen LogP contribution in [0.5, 0.6) is 0 Å². The molecule has 0 aliphatic carbocycles. The van der Waals surface area contributed by atoms with E-state index in [-0.39, 0.29) is 36.8 Å². The number of carbonyl (C=O) groups is 1. The number of ether oxygens (including phenoxy) is 1. The van der Waals surface area contributed by atoms with E-state index < -0.39 is 0 Å². The molecular weight excluding hydrogens is 325 g/mol. The standard InChI is InChI=1S/C15H17N3O2.2ClH/c19-15(9-12-10-20-8-7-16-12)18-14-6-5-11-3-1-2-4-13(11)17-14;;/h1-6,12,16H,7-10H2,(H,17,18,19);2*1H. The third kappa shape index (κ3) is 4.81. The SMILES string of the molecule is Cl.Cl.O=C(CC1COCCN1)Nc1ccc2ccccc2n1. The predicted molar refractivity (Wildman–Crippen MR) is 92.1 cm³/mol. The molecule has 22 heavy (non-hydrogen) atoms. The quantitative estimate of drug-likeness (QED) is 0.898. The molecule has 1 fully saturated rings. The third-order valence-electron chi connectivity index (χ3n) is 3.30. The van der Waals surface area contributed by atoms with Crippen LogP contribution in [0.4, 0.5) is 5.82 Å². The van der Waals surface area contributed by atoms with Crippen molar-refractivity contribution in [3.8, 4) is 0 Å². The molecule has 7 heteroatoms.